The van der Waals surface area contributed by atoms with Gasteiger partial charge >= 0.3 is 0 Å². The first-order valence-electron chi connectivity index (χ1n) is 15.6. The summed E-state index contributed by atoms with van der Waals surface area (Å²) in [5.74, 6) is 2.08. The van der Waals surface area contributed by atoms with E-state index in [4.69, 9.17) is 0 Å². The minimum atomic E-state index is 1.04. The number of hydrogen-bond donors (Lipinski definition) is 0. The molecule has 2 atom stereocenters. The standard InChI is InChI=1S/C32H60/c1-2-6-10-14-18-22-26-31(25-21-17-13-9-5-1)29-30-32-27-23-19-15-11-7-3-4-8-12-16-20-24-28-32/h1,3,31-32H,2,4-30H2. The van der Waals surface area contributed by atoms with Crippen LogP contribution in [0.25, 0.3) is 0 Å². The Kier molecular flexibility index (Phi) is 19.0. The Hall–Kier alpha value is 0. The molecule has 2 saturated carbocycles. The largest absolute Gasteiger partial charge is 0.0533 e. The zero-order valence-electron chi connectivity index (χ0n) is 22.1. The lowest BCUT2D eigenvalue weighted by atomic mass is 9.84. The molecule has 0 nitrogen and oxygen atoms in total. The topological polar surface area (TPSA) is 0 Å². The summed E-state index contributed by atoms with van der Waals surface area (Å²) in [5, 5.41) is 0. The third-order valence-corrected chi connectivity index (χ3v) is 8.57. The maximum Gasteiger partial charge on any atom is -0.0386 e. The lowest BCUT2D eigenvalue weighted by Crippen LogP contribution is -2.07. The van der Waals surface area contributed by atoms with Crippen LogP contribution in [0.5, 0.6) is 0 Å². The van der Waals surface area contributed by atoms with E-state index in [1.807, 2.05) is 0 Å². The van der Waals surface area contributed by atoms with Crippen LogP contribution in [0.3, 0.4) is 0 Å². The highest BCUT2D eigenvalue weighted by atomic mass is 14.2. The van der Waals surface area contributed by atoms with Crippen molar-refractivity contribution in [2.45, 2.75) is 180 Å². The highest BCUT2D eigenvalue weighted by Crippen LogP contribution is 2.30. The van der Waals surface area contributed by atoms with E-state index in [0.29, 0.717) is 0 Å². The van der Waals surface area contributed by atoms with Crippen molar-refractivity contribution in [2.75, 3.05) is 0 Å². The van der Waals surface area contributed by atoms with Gasteiger partial charge in [-0.1, -0.05) is 180 Å². The summed E-state index contributed by atoms with van der Waals surface area (Å²) in [4.78, 5) is 0. The molecule has 0 aliphatic heterocycles. The van der Waals surface area contributed by atoms with Gasteiger partial charge in [0.2, 0.25) is 0 Å². The van der Waals surface area contributed by atoms with Crippen molar-refractivity contribution in [2.24, 2.45) is 11.8 Å². The molecular weight excluding hydrogens is 384 g/mol. The summed E-state index contributed by atoms with van der Waals surface area (Å²) in [6.45, 7) is 0. The second-order valence-corrected chi connectivity index (χ2v) is 11.6. The van der Waals surface area contributed by atoms with E-state index in [2.05, 4.69) is 12.8 Å². The molecule has 0 aromatic carbocycles. The van der Waals surface area contributed by atoms with Crippen molar-refractivity contribution < 1.29 is 0 Å². The summed E-state index contributed by atoms with van der Waals surface area (Å²) in [7, 11) is 0. The van der Waals surface area contributed by atoms with E-state index in [-0.39, 0.29) is 0 Å². The van der Waals surface area contributed by atoms with Crippen LogP contribution in [0.1, 0.15) is 180 Å². The van der Waals surface area contributed by atoms with E-state index < -0.39 is 0 Å². The fourth-order valence-electron chi connectivity index (χ4n) is 6.28. The molecule has 0 N–H and O–H groups in total. The first kappa shape index (κ1) is 28.2. The van der Waals surface area contributed by atoms with Gasteiger partial charge in [0, 0.05) is 0 Å². The molecule has 2 aliphatic rings. The average Bonchev–Trinajstić information content (AvgIpc) is 2.82. The van der Waals surface area contributed by atoms with E-state index >= 15 is 0 Å². The van der Waals surface area contributed by atoms with Gasteiger partial charge in [0.05, 0.1) is 0 Å². The smallest absolute Gasteiger partial charge is 0.0386 e. The zero-order chi connectivity index (χ0) is 22.4. The molecule has 0 saturated heterocycles. The molecule has 2 radical (unpaired) electrons. The predicted molar refractivity (Wildman–Crippen MR) is 145 cm³/mol. The van der Waals surface area contributed by atoms with Crippen molar-refractivity contribution in [1.82, 2.24) is 0 Å². The number of rotatable bonds is 3. The molecule has 2 rings (SSSR count). The maximum absolute atomic E-state index is 2.58. The van der Waals surface area contributed by atoms with E-state index in [0.717, 1.165) is 11.8 Å². The molecular formula is C32H60. The van der Waals surface area contributed by atoms with Crippen LogP contribution in [0.4, 0.5) is 0 Å². The summed E-state index contributed by atoms with van der Waals surface area (Å²) < 4.78 is 0. The van der Waals surface area contributed by atoms with Gasteiger partial charge in [-0.3, -0.25) is 0 Å². The Morgan fingerprint density at radius 2 is 0.562 bits per heavy atom. The van der Waals surface area contributed by atoms with Crippen LogP contribution >= 0.6 is 0 Å². The van der Waals surface area contributed by atoms with Gasteiger partial charge in [-0.25, -0.2) is 0 Å². The van der Waals surface area contributed by atoms with E-state index in [1.165, 1.54) is 167 Å². The van der Waals surface area contributed by atoms with Crippen molar-refractivity contribution in [3.63, 3.8) is 0 Å². The lowest BCUT2D eigenvalue weighted by Gasteiger charge is -2.22. The Balaban J connectivity index is 1.73. The van der Waals surface area contributed by atoms with Crippen LogP contribution < -0.4 is 0 Å². The van der Waals surface area contributed by atoms with Crippen molar-refractivity contribution >= 4 is 0 Å². The van der Waals surface area contributed by atoms with Gasteiger partial charge in [0.1, 0.15) is 0 Å². The highest BCUT2D eigenvalue weighted by molar-refractivity contribution is 4.70. The molecule has 2 aliphatic carbocycles. The van der Waals surface area contributed by atoms with Crippen LogP contribution in [-0.2, 0) is 0 Å². The Bertz CT molecular complexity index is 304. The maximum atomic E-state index is 2.58. The normalized spacial score (nSPS) is 25.1. The number of hydrogen-bond acceptors (Lipinski definition) is 0. The molecule has 0 aromatic rings. The van der Waals surface area contributed by atoms with Crippen molar-refractivity contribution in [3.05, 3.63) is 12.8 Å². The molecule has 2 fully saturated rings. The van der Waals surface area contributed by atoms with Crippen molar-refractivity contribution in [3.8, 4) is 0 Å². The van der Waals surface area contributed by atoms with Crippen LogP contribution in [0.15, 0.2) is 0 Å². The Labute approximate surface area is 204 Å². The van der Waals surface area contributed by atoms with Gasteiger partial charge in [-0.2, -0.15) is 0 Å². The van der Waals surface area contributed by atoms with Crippen LogP contribution in [0, 0.1) is 24.7 Å². The summed E-state index contributed by atoms with van der Waals surface area (Å²) in [5.41, 5.74) is 0. The van der Waals surface area contributed by atoms with E-state index in [9.17, 15) is 0 Å². The predicted octanol–water partition coefficient (Wildman–Crippen LogP) is 11.6. The van der Waals surface area contributed by atoms with Crippen LogP contribution in [-0.4, -0.2) is 0 Å². The summed E-state index contributed by atoms with van der Waals surface area (Å²) in [6.07, 6.45) is 46.6. The van der Waals surface area contributed by atoms with Crippen molar-refractivity contribution in [1.29, 1.82) is 0 Å². The molecule has 0 aromatic heterocycles. The van der Waals surface area contributed by atoms with Gasteiger partial charge in [0.25, 0.3) is 0 Å². The zero-order valence-corrected chi connectivity index (χ0v) is 22.1. The van der Waals surface area contributed by atoms with Crippen LogP contribution in [0.2, 0.25) is 0 Å². The first-order chi connectivity index (χ1) is 15.9. The minimum absolute atomic E-state index is 1.04. The minimum Gasteiger partial charge on any atom is -0.0533 e. The lowest BCUT2D eigenvalue weighted by molar-refractivity contribution is 0.309. The van der Waals surface area contributed by atoms with Gasteiger partial charge in [-0.15, -0.1) is 0 Å². The Morgan fingerprint density at radius 3 is 0.875 bits per heavy atom. The molecule has 32 heavy (non-hydrogen) atoms. The third-order valence-electron chi connectivity index (χ3n) is 8.57. The molecule has 0 heteroatoms. The molecule has 188 valence electrons. The van der Waals surface area contributed by atoms with Gasteiger partial charge < -0.3 is 0 Å². The second kappa shape index (κ2) is 21.5. The fraction of sp³-hybridized carbons (Fsp3) is 0.938. The first-order valence-corrected chi connectivity index (χ1v) is 15.6. The molecule has 0 spiro atoms. The SMILES string of the molecule is [CH]1CCCCCCCC(CCC2CCCCCC[CH]CCCCCCC2)CCCCCC1. The second-order valence-electron chi connectivity index (χ2n) is 11.6. The van der Waals surface area contributed by atoms with Gasteiger partial charge in [-0.05, 0) is 24.7 Å². The highest BCUT2D eigenvalue weighted by Gasteiger charge is 2.14. The third kappa shape index (κ3) is 16.6. The molecule has 0 amide bonds. The average molecular weight is 445 g/mol. The summed E-state index contributed by atoms with van der Waals surface area (Å²) in [6, 6.07) is 0. The molecule has 0 heterocycles. The monoisotopic (exact) mass is 444 g/mol. The summed E-state index contributed by atoms with van der Waals surface area (Å²) >= 11 is 0. The molecule has 0 bridgehead atoms. The van der Waals surface area contributed by atoms with E-state index in [1.54, 1.807) is 12.8 Å². The quantitative estimate of drug-likeness (QED) is 0.406. The van der Waals surface area contributed by atoms with Gasteiger partial charge in [0.15, 0.2) is 0 Å². The Morgan fingerprint density at radius 1 is 0.312 bits per heavy atom. The molecule has 2 unspecified atom stereocenters. The fourth-order valence-corrected chi connectivity index (χ4v) is 6.28.